The molecule has 2 aromatic rings. The minimum absolute atomic E-state index is 0. The molecule has 0 fully saturated rings. The lowest BCUT2D eigenvalue weighted by atomic mass is 9.76. The molecule has 0 spiro atoms. The first kappa shape index (κ1) is 32.8. The average Bonchev–Trinajstić information content (AvgIpc) is 2.81. The van der Waals surface area contributed by atoms with E-state index in [-0.39, 0.29) is 11.4 Å². The number of anilines is 1. The van der Waals surface area contributed by atoms with Crippen LogP contribution < -0.4 is 11.1 Å². The second kappa shape index (κ2) is 16.5. The van der Waals surface area contributed by atoms with Gasteiger partial charge in [-0.05, 0) is 95.5 Å². The van der Waals surface area contributed by atoms with Crippen LogP contribution in [-0.2, 0) is 10.2 Å². The summed E-state index contributed by atoms with van der Waals surface area (Å²) >= 11 is 0. The van der Waals surface area contributed by atoms with E-state index in [2.05, 4.69) is 36.5 Å². The summed E-state index contributed by atoms with van der Waals surface area (Å²) in [5, 5.41) is 3.21. The van der Waals surface area contributed by atoms with Crippen LogP contribution >= 0.6 is 0 Å². The first-order valence-electron chi connectivity index (χ1n) is 13.3. The molecule has 0 heterocycles. The van der Waals surface area contributed by atoms with E-state index in [9.17, 15) is 9.18 Å². The number of carbonyl (C=O) groups excluding carboxylic acids is 1. The van der Waals surface area contributed by atoms with Crippen LogP contribution in [0.4, 0.5) is 10.1 Å². The zero-order valence-corrected chi connectivity index (χ0v) is 23.8. The predicted molar refractivity (Wildman–Crippen MR) is 152 cm³/mol. The highest BCUT2D eigenvalue weighted by atomic mass is 19.1. The lowest BCUT2D eigenvalue weighted by molar-refractivity contribution is -0.112. The van der Waals surface area contributed by atoms with Crippen molar-refractivity contribution in [1.29, 1.82) is 0 Å². The third-order valence-electron chi connectivity index (χ3n) is 5.77. The maximum absolute atomic E-state index is 14.2. The first-order valence-corrected chi connectivity index (χ1v) is 13.3. The molecule has 35 heavy (non-hydrogen) atoms. The van der Waals surface area contributed by atoms with E-state index < -0.39 is 5.41 Å². The van der Waals surface area contributed by atoms with Crippen LogP contribution in [0.3, 0.4) is 0 Å². The minimum atomic E-state index is -0.677. The summed E-state index contributed by atoms with van der Waals surface area (Å²) in [4.78, 5) is 12.1. The van der Waals surface area contributed by atoms with Gasteiger partial charge in [-0.1, -0.05) is 63.9 Å². The average molecular weight is 487 g/mol. The van der Waals surface area contributed by atoms with Gasteiger partial charge in [0.2, 0.25) is 0 Å². The van der Waals surface area contributed by atoms with Gasteiger partial charge in [0.25, 0.3) is 0 Å². The van der Waals surface area contributed by atoms with Crippen molar-refractivity contribution in [3.63, 3.8) is 0 Å². The van der Waals surface area contributed by atoms with E-state index >= 15 is 0 Å². The van der Waals surface area contributed by atoms with Crippen molar-refractivity contribution in [2.75, 3.05) is 11.9 Å². The van der Waals surface area contributed by atoms with Crippen LogP contribution in [0, 0.1) is 12.7 Å². The molecular weight excluding hydrogens is 435 g/mol. The lowest BCUT2D eigenvalue weighted by Gasteiger charge is -2.28. The molecule has 3 N–H and O–H groups in total. The number of hydrogen-bond acceptors (Lipinski definition) is 3. The number of rotatable bonds is 11. The number of nitrogens with one attached hydrogen (secondary N) is 1. The molecule has 4 heteroatoms. The van der Waals surface area contributed by atoms with Crippen molar-refractivity contribution in [3.8, 4) is 0 Å². The summed E-state index contributed by atoms with van der Waals surface area (Å²) in [6, 6.07) is 13.7. The molecular formula is C31H51FN2O. The zero-order chi connectivity index (χ0) is 27.1. The number of halogens is 1. The summed E-state index contributed by atoms with van der Waals surface area (Å²) in [6.07, 6.45) is 5.98. The Balaban J connectivity index is 0.00000146. The molecule has 0 radical (unpaired) electrons. The summed E-state index contributed by atoms with van der Waals surface area (Å²) < 4.78 is 14.2. The predicted octanol–water partition coefficient (Wildman–Crippen LogP) is 8.55. The summed E-state index contributed by atoms with van der Waals surface area (Å²) in [5.74, 6) is 0.214. The smallest absolute Gasteiger partial charge is 0.130 e. The molecule has 2 unspecified atom stereocenters. The van der Waals surface area contributed by atoms with Gasteiger partial charge in [-0.25, -0.2) is 4.39 Å². The Morgan fingerprint density at radius 1 is 1.03 bits per heavy atom. The van der Waals surface area contributed by atoms with E-state index in [1.807, 2.05) is 61.5 Å². The van der Waals surface area contributed by atoms with Crippen LogP contribution in [0.15, 0.2) is 42.5 Å². The Kier molecular flexibility index (Phi) is 15.4. The second-order valence-corrected chi connectivity index (χ2v) is 10.3. The molecule has 0 aromatic heterocycles. The maximum atomic E-state index is 14.2. The maximum Gasteiger partial charge on any atom is 0.130 e. The second-order valence-electron chi connectivity index (χ2n) is 10.3. The molecule has 198 valence electrons. The van der Waals surface area contributed by atoms with Crippen molar-refractivity contribution in [2.45, 2.75) is 111 Å². The van der Waals surface area contributed by atoms with Crippen molar-refractivity contribution in [3.05, 3.63) is 65.0 Å². The molecule has 0 saturated heterocycles. The Morgan fingerprint density at radius 2 is 1.60 bits per heavy atom. The van der Waals surface area contributed by atoms with Gasteiger partial charge in [0, 0.05) is 23.2 Å². The Morgan fingerprint density at radius 3 is 2.09 bits per heavy atom. The molecule has 2 atom stereocenters. The molecule has 2 rings (SSSR count). The Hall–Kier alpha value is -2.20. The topological polar surface area (TPSA) is 55.1 Å². The van der Waals surface area contributed by atoms with Gasteiger partial charge >= 0.3 is 0 Å². The van der Waals surface area contributed by atoms with E-state index in [1.54, 1.807) is 0 Å². The van der Waals surface area contributed by atoms with Gasteiger partial charge in [-0.3, -0.25) is 0 Å². The van der Waals surface area contributed by atoms with Crippen LogP contribution in [-0.4, -0.2) is 18.4 Å². The van der Waals surface area contributed by atoms with Crippen molar-refractivity contribution in [2.24, 2.45) is 5.73 Å². The van der Waals surface area contributed by atoms with Crippen LogP contribution in [0.5, 0.6) is 0 Å². The zero-order valence-electron chi connectivity index (χ0n) is 23.8. The third-order valence-corrected chi connectivity index (χ3v) is 5.77. The quantitative estimate of drug-likeness (QED) is 0.313. The highest BCUT2D eigenvalue weighted by Gasteiger charge is 2.29. The van der Waals surface area contributed by atoms with E-state index in [0.29, 0.717) is 5.92 Å². The molecule has 0 saturated carbocycles. The molecule has 0 aliphatic carbocycles. The van der Waals surface area contributed by atoms with Gasteiger partial charge in [0.15, 0.2) is 0 Å². The highest BCUT2D eigenvalue weighted by Crippen LogP contribution is 2.36. The highest BCUT2D eigenvalue weighted by molar-refractivity contribution is 5.71. The van der Waals surface area contributed by atoms with Crippen molar-refractivity contribution >= 4 is 12.0 Å². The molecule has 0 bridgehead atoms. The van der Waals surface area contributed by atoms with Gasteiger partial charge in [0.1, 0.15) is 12.1 Å². The van der Waals surface area contributed by atoms with Crippen molar-refractivity contribution < 1.29 is 9.18 Å². The fourth-order valence-electron chi connectivity index (χ4n) is 4.17. The number of hydrogen-bond donors (Lipinski definition) is 2. The largest absolute Gasteiger partial charge is 0.385 e. The van der Waals surface area contributed by atoms with Crippen LogP contribution in [0.1, 0.15) is 110 Å². The third kappa shape index (κ3) is 12.4. The van der Waals surface area contributed by atoms with E-state index in [4.69, 9.17) is 5.73 Å². The van der Waals surface area contributed by atoms with Gasteiger partial charge in [0.05, 0.1) is 0 Å². The first-order chi connectivity index (χ1) is 16.4. The van der Waals surface area contributed by atoms with E-state index in [1.165, 1.54) is 17.7 Å². The number of benzene rings is 2. The number of nitrogens with two attached hydrogens (primary N) is 1. The molecule has 0 amide bonds. The molecule has 0 aliphatic rings. The molecule has 0 aliphatic heterocycles. The SMILES string of the molecule is CC.CC(C)(C)N.CCCC(CCCC(C)(C=O)c1cc(F)cc(NCC)c1C)c1ccccc1. The summed E-state index contributed by atoms with van der Waals surface area (Å²) in [5.41, 5.74) is 8.58. The standard InChI is InChI=1S/C25H34FNO.C4H11N.C2H6/c1-5-11-20(21-12-8-7-9-13-21)14-10-15-25(4,18-28)23-16-22(26)17-24(19(23)3)27-6-2;1-4(2,3)5;1-2/h7-9,12-13,16-18,20,27H,5-6,10-11,14-15H2,1-4H3;5H2,1-3H3;1-2H3. The molecule has 2 aromatic carbocycles. The number of carbonyl (C=O) groups is 1. The summed E-state index contributed by atoms with van der Waals surface area (Å²) in [6.45, 7) is 18.7. The monoisotopic (exact) mass is 486 g/mol. The van der Waals surface area contributed by atoms with Gasteiger partial charge < -0.3 is 15.8 Å². The van der Waals surface area contributed by atoms with Crippen LogP contribution in [0.2, 0.25) is 0 Å². The minimum Gasteiger partial charge on any atom is -0.385 e. The molecule has 3 nitrogen and oxygen atoms in total. The fourth-order valence-corrected chi connectivity index (χ4v) is 4.17. The van der Waals surface area contributed by atoms with E-state index in [0.717, 1.165) is 61.7 Å². The lowest BCUT2D eigenvalue weighted by Crippen LogP contribution is -2.26. The van der Waals surface area contributed by atoms with Crippen LogP contribution in [0.25, 0.3) is 0 Å². The van der Waals surface area contributed by atoms with Crippen molar-refractivity contribution in [1.82, 2.24) is 0 Å². The Labute approximate surface area is 215 Å². The summed E-state index contributed by atoms with van der Waals surface area (Å²) in [7, 11) is 0. The normalized spacial score (nSPS) is 13.3. The van der Waals surface area contributed by atoms with Gasteiger partial charge in [-0.2, -0.15) is 0 Å². The number of aldehydes is 1. The van der Waals surface area contributed by atoms with Gasteiger partial charge in [-0.15, -0.1) is 0 Å². The Bertz CT molecular complexity index is 839. The fraction of sp³-hybridized carbons (Fsp3) is 0.581.